The topological polar surface area (TPSA) is 237 Å². The van der Waals surface area contributed by atoms with Gasteiger partial charge in [-0.25, -0.2) is 9.13 Å². The first-order valence-electron chi connectivity index (χ1n) is 35.8. The molecule has 524 valence electrons. The number of allylic oxidation sites excluding steroid dienone is 4. The van der Waals surface area contributed by atoms with Crippen LogP contribution in [0.4, 0.5) is 0 Å². The second kappa shape index (κ2) is 61.7. The van der Waals surface area contributed by atoms with Gasteiger partial charge in [-0.15, -0.1) is 0 Å². The summed E-state index contributed by atoms with van der Waals surface area (Å²) < 4.78 is 68.2. The van der Waals surface area contributed by atoms with Gasteiger partial charge in [0, 0.05) is 25.7 Å². The first-order chi connectivity index (χ1) is 42.9. The summed E-state index contributed by atoms with van der Waals surface area (Å²) >= 11 is 0. The van der Waals surface area contributed by atoms with E-state index in [4.69, 9.17) is 37.0 Å². The van der Waals surface area contributed by atoms with Crippen molar-refractivity contribution in [2.24, 2.45) is 11.8 Å². The fourth-order valence-electron chi connectivity index (χ4n) is 10.1. The molecule has 3 N–H and O–H groups in total. The van der Waals surface area contributed by atoms with Gasteiger partial charge >= 0.3 is 39.5 Å². The lowest BCUT2D eigenvalue weighted by Crippen LogP contribution is -2.30. The quantitative estimate of drug-likeness (QED) is 0.0169. The Morgan fingerprint density at radius 1 is 0.348 bits per heavy atom. The van der Waals surface area contributed by atoms with E-state index in [1.807, 2.05) is 0 Å². The third-order valence-electron chi connectivity index (χ3n) is 15.6. The Balaban J connectivity index is 5.28. The zero-order chi connectivity index (χ0) is 65.7. The molecular formula is C70H132O17P2. The summed E-state index contributed by atoms with van der Waals surface area (Å²) in [5, 5.41) is 10.6. The minimum Gasteiger partial charge on any atom is -0.462 e. The summed E-state index contributed by atoms with van der Waals surface area (Å²) in [6, 6.07) is 0. The largest absolute Gasteiger partial charge is 0.472 e. The van der Waals surface area contributed by atoms with Crippen LogP contribution in [-0.4, -0.2) is 96.7 Å². The summed E-state index contributed by atoms with van der Waals surface area (Å²) in [6.07, 6.45) is 49.6. The van der Waals surface area contributed by atoms with Crippen LogP contribution in [-0.2, 0) is 65.4 Å². The lowest BCUT2D eigenvalue weighted by molar-refractivity contribution is -0.161. The lowest BCUT2D eigenvalue weighted by Gasteiger charge is -2.21. The number of carbonyl (C=O) groups excluding carboxylic acids is 4. The van der Waals surface area contributed by atoms with E-state index in [1.165, 1.54) is 128 Å². The smallest absolute Gasteiger partial charge is 0.462 e. The van der Waals surface area contributed by atoms with E-state index in [-0.39, 0.29) is 25.7 Å². The number of phosphoric acid groups is 2. The van der Waals surface area contributed by atoms with E-state index in [0.29, 0.717) is 37.5 Å². The second-order valence-electron chi connectivity index (χ2n) is 25.5. The Hall–Kier alpha value is -2.46. The van der Waals surface area contributed by atoms with Crippen molar-refractivity contribution in [2.75, 3.05) is 39.6 Å². The Labute approximate surface area is 542 Å². The fraction of sp³-hybridized carbons (Fsp3) is 0.886. The summed E-state index contributed by atoms with van der Waals surface area (Å²) in [4.78, 5) is 72.5. The number of ether oxygens (including phenoxy) is 4. The molecule has 17 nitrogen and oxygen atoms in total. The molecule has 0 aromatic heterocycles. The normalized spacial score (nSPS) is 14.3. The molecule has 0 saturated heterocycles. The molecule has 19 heteroatoms. The second-order valence-corrected chi connectivity index (χ2v) is 28.4. The zero-order valence-electron chi connectivity index (χ0n) is 57.2. The minimum atomic E-state index is -4.96. The minimum absolute atomic E-state index is 0.0850. The van der Waals surface area contributed by atoms with Gasteiger partial charge in [0.2, 0.25) is 0 Å². The van der Waals surface area contributed by atoms with Crippen molar-refractivity contribution in [3.63, 3.8) is 0 Å². The number of hydrogen-bond acceptors (Lipinski definition) is 15. The van der Waals surface area contributed by atoms with Gasteiger partial charge in [-0.05, 0) is 63.2 Å². The molecular weight excluding hydrogens is 1170 g/mol. The van der Waals surface area contributed by atoms with Crippen LogP contribution in [0.1, 0.15) is 330 Å². The van der Waals surface area contributed by atoms with Crippen LogP contribution in [0, 0.1) is 11.8 Å². The van der Waals surface area contributed by atoms with Gasteiger partial charge < -0.3 is 33.8 Å². The standard InChI is InChI=1S/C70H132O17P2/c1-7-9-11-13-15-17-19-21-23-25-27-29-34-42-48-54-69(74)86-65(58-80-67(72)52-46-40-33-28-26-24-22-20-18-16-14-12-10-8-2)60-84-88(76,77)82-56-64(71)57-83-89(78,79)85-61-66(59-81-68(73)53-47-41-37-36-39-45-51-63(5)6)87-70(75)55-49-43-35-31-30-32-38-44-50-62(3)4/h17,19,21,23,62-66,71H,7-16,18,20,22,24-61H2,1-6H3,(H,76,77)(H,78,79)/b19-17-,23-21-/t64-,65-,66-/m1/s1. The van der Waals surface area contributed by atoms with Crippen molar-refractivity contribution in [3.05, 3.63) is 24.3 Å². The summed E-state index contributed by atoms with van der Waals surface area (Å²) in [7, 11) is -9.91. The Bertz CT molecular complexity index is 1830. The predicted octanol–water partition coefficient (Wildman–Crippen LogP) is 19.5. The van der Waals surface area contributed by atoms with Crippen LogP contribution >= 0.6 is 15.6 Å². The molecule has 0 aliphatic heterocycles. The van der Waals surface area contributed by atoms with Crippen molar-refractivity contribution >= 4 is 39.5 Å². The van der Waals surface area contributed by atoms with E-state index in [2.05, 4.69) is 65.8 Å². The highest BCUT2D eigenvalue weighted by atomic mass is 31.2. The molecule has 0 amide bonds. The molecule has 0 bridgehead atoms. The lowest BCUT2D eigenvalue weighted by atomic mass is 10.0. The van der Waals surface area contributed by atoms with Crippen LogP contribution in [0.15, 0.2) is 24.3 Å². The molecule has 0 radical (unpaired) electrons. The highest BCUT2D eigenvalue weighted by Gasteiger charge is 2.30. The van der Waals surface area contributed by atoms with Gasteiger partial charge in [0.05, 0.1) is 26.4 Å². The molecule has 0 aromatic carbocycles. The van der Waals surface area contributed by atoms with Gasteiger partial charge in [-0.2, -0.15) is 0 Å². The SMILES string of the molecule is CCCCCC/C=C\C=C/CCCCCCCC(=O)O[C@H](COC(=O)CCCCCCCCCCCCCCCC)COP(=O)(O)OC[C@@H](O)COP(=O)(O)OC[C@@H](COC(=O)CCCCCCCCC(C)C)OC(=O)CCCCCCCCCCC(C)C. The van der Waals surface area contributed by atoms with Gasteiger partial charge in [-0.3, -0.25) is 37.3 Å². The van der Waals surface area contributed by atoms with Crippen LogP contribution in [0.5, 0.6) is 0 Å². The number of esters is 4. The molecule has 0 rings (SSSR count). The van der Waals surface area contributed by atoms with E-state index < -0.39 is 97.5 Å². The first-order valence-corrected chi connectivity index (χ1v) is 38.8. The maximum atomic E-state index is 13.0. The molecule has 0 fully saturated rings. The fourth-order valence-corrected chi connectivity index (χ4v) is 11.6. The van der Waals surface area contributed by atoms with Gasteiger partial charge in [0.15, 0.2) is 12.2 Å². The number of phosphoric ester groups is 2. The molecule has 5 atom stereocenters. The van der Waals surface area contributed by atoms with Crippen LogP contribution in [0.25, 0.3) is 0 Å². The Morgan fingerprint density at radius 2 is 0.607 bits per heavy atom. The molecule has 89 heavy (non-hydrogen) atoms. The number of hydrogen-bond donors (Lipinski definition) is 3. The molecule has 0 heterocycles. The Kier molecular flexibility index (Phi) is 60.0. The zero-order valence-corrected chi connectivity index (χ0v) is 59.0. The Morgan fingerprint density at radius 3 is 0.921 bits per heavy atom. The summed E-state index contributed by atoms with van der Waals surface area (Å²) in [5.41, 5.74) is 0. The average Bonchev–Trinajstić information content (AvgIpc) is 3.70. The highest BCUT2D eigenvalue weighted by molar-refractivity contribution is 7.47. The third-order valence-corrected chi connectivity index (χ3v) is 17.5. The van der Waals surface area contributed by atoms with Gasteiger partial charge in [0.25, 0.3) is 0 Å². The molecule has 0 aliphatic carbocycles. The van der Waals surface area contributed by atoms with Gasteiger partial charge in [-0.1, -0.05) is 278 Å². The molecule has 2 unspecified atom stereocenters. The number of aliphatic hydroxyl groups is 1. The van der Waals surface area contributed by atoms with Crippen molar-refractivity contribution in [2.45, 2.75) is 349 Å². The van der Waals surface area contributed by atoms with Crippen molar-refractivity contribution in [3.8, 4) is 0 Å². The van der Waals surface area contributed by atoms with Gasteiger partial charge in [0.1, 0.15) is 19.3 Å². The van der Waals surface area contributed by atoms with E-state index >= 15 is 0 Å². The number of aliphatic hydroxyl groups excluding tert-OH is 1. The molecule has 0 saturated carbocycles. The van der Waals surface area contributed by atoms with Crippen LogP contribution < -0.4 is 0 Å². The average molecular weight is 1310 g/mol. The van der Waals surface area contributed by atoms with Crippen LogP contribution in [0.2, 0.25) is 0 Å². The molecule has 0 aliphatic rings. The number of rotatable bonds is 67. The van der Waals surface area contributed by atoms with Crippen molar-refractivity contribution in [1.82, 2.24) is 0 Å². The maximum absolute atomic E-state index is 13.0. The third kappa shape index (κ3) is 64.1. The summed E-state index contributed by atoms with van der Waals surface area (Å²) in [5.74, 6) is -0.764. The van der Waals surface area contributed by atoms with Crippen molar-refractivity contribution in [1.29, 1.82) is 0 Å². The maximum Gasteiger partial charge on any atom is 0.472 e. The predicted molar refractivity (Wildman–Crippen MR) is 358 cm³/mol. The van der Waals surface area contributed by atoms with E-state index in [0.717, 1.165) is 109 Å². The molecule has 0 spiro atoms. The summed E-state index contributed by atoms with van der Waals surface area (Å²) in [6.45, 7) is 9.35. The number of unbranched alkanes of at least 4 members (excludes halogenated alkanes) is 34. The highest BCUT2D eigenvalue weighted by Crippen LogP contribution is 2.45. The van der Waals surface area contributed by atoms with Crippen molar-refractivity contribution < 1.29 is 80.2 Å². The first kappa shape index (κ1) is 86.5. The van der Waals surface area contributed by atoms with E-state index in [1.54, 1.807) is 0 Å². The number of carbonyl (C=O) groups is 4. The van der Waals surface area contributed by atoms with Crippen LogP contribution in [0.3, 0.4) is 0 Å². The molecule has 0 aromatic rings. The monoisotopic (exact) mass is 1310 g/mol. The van der Waals surface area contributed by atoms with E-state index in [9.17, 15) is 43.2 Å².